The Morgan fingerprint density at radius 1 is 1.20 bits per heavy atom. The van der Waals surface area contributed by atoms with Gasteiger partial charge < -0.3 is 10.6 Å². The second-order valence-electron chi connectivity index (χ2n) is 6.21. The van der Waals surface area contributed by atoms with Crippen molar-refractivity contribution in [2.75, 3.05) is 0 Å². The molecule has 0 aromatic heterocycles. The van der Waals surface area contributed by atoms with E-state index in [1.165, 1.54) is 0 Å². The number of ketones is 1. The van der Waals surface area contributed by atoms with E-state index in [1.54, 1.807) is 20.8 Å². The molecule has 0 heterocycles. The lowest BCUT2D eigenvalue weighted by Gasteiger charge is -2.27. The zero-order valence-corrected chi connectivity index (χ0v) is 11.9. The summed E-state index contributed by atoms with van der Waals surface area (Å²) in [5, 5.41) is 5.30. The van der Waals surface area contributed by atoms with E-state index in [9.17, 15) is 22.8 Å². The van der Waals surface area contributed by atoms with E-state index in [0.717, 1.165) is 12.8 Å². The normalized spacial score (nSPS) is 17.7. The third-order valence-corrected chi connectivity index (χ3v) is 2.78. The lowest BCUT2D eigenvalue weighted by molar-refractivity contribution is -0.144. The van der Waals surface area contributed by atoms with Gasteiger partial charge in [-0.25, -0.2) is 0 Å². The first-order chi connectivity index (χ1) is 8.98. The number of carbonyl (C=O) groups is 2. The van der Waals surface area contributed by atoms with Gasteiger partial charge in [-0.1, -0.05) is 0 Å². The molecule has 1 saturated carbocycles. The molecule has 0 aromatic rings. The molecule has 0 saturated heterocycles. The van der Waals surface area contributed by atoms with Gasteiger partial charge in [0.25, 0.3) is 5.91 Å². The number of alkyl halides is 3. The highest BCUT2D eigenvalue weighted by atomic mass is 19.4. The number of nitrogens with one attached hydrogen (secondary N) is 2. The van der Waals surface area contributed by atoms with Crippen LogP contribution in [0.15, 0.2) is 0 Å². The Hall–Kier alpha value is -1.11. The molecular formula is C13H21F3N2O2. The van der Waals surface area contributed by atoms with Gasteiger partial charge in [-0.05, 0) is 40.0 Å². The minimum absolute atomic E-state index is 0.00403. The molecular weight excluding hydrogens is 273 g/mol. The Labute approximate surface area is 116 Å². The zero-order valence-electron chi connectivity index (χ0n) is 11.9. The first-order valence-corrected chi connectivity index (χ1v) is 6.67. The quantitative estimate of drug-likeness (QED) is 0.736. The fourth-order valence-electron chi connectivity index (χ4n) is 1.74. The van der Waals surface area contributed by atoms with Gasteiger partial charge >= 0.3 is 6.18 Å². The van der Waals surface area contributed by atoms with Crippen LogP contribution in [0.1, 0.15) is 46.5 Å². The predicted molar refractivity (Wildman–Crippen MR) is 68.1 cm³/mol. The molecule has 1 unspecified atom stereocenters. The van der Waals surface area contributed by atoms with Gasteiger partial charge in [-0.2, -0.15) is 13.2 Å². The van der Waals surface area contributed by atoms with Crippen LogP contribution in [0.25, 0.3) is 0 Å². The van der Waals surface area contributed by atoms with E-state index in [1.807, 2.05) is 0 Å². The summed E-state index contributed by atoms with van der Waals surface area (Å²) in [5.41, 5.74) is -0.550. The number of hydrogen-bond donors (Lipinski definition) is 2. The van der Waals surface area contributed by atoms with E-state index < -0.39 is 42.3 Å². The summed E-state index contributed by atoms with van der Waals surface area (Å²) < 4.78 is 36.9. The number of halogens is 3. The Morgan fingerprint density at radius 2 is 1.75 bits per heavy atom. The highest BCUT2D eigenvalue weighted by molar-refractivity contribution is 6.38. The van der Waals surface area contributed by atoms with Crippen LogP contribution in [0.4, 0.5) is 13.2 Å². The minimum atomic E-state index is -4.34. The number of Topliss-reactive ketones (excluding diaryl/α,β-unsaturated/α-hetero) is 1. The van der Waals surface area contributed by atoms with Crippen LogP contribution in [0, 0.1) is 0 Å². The molecule has 1 aliphatic rings. The number of hydrogen-bond acceptors (Lipinski definition) is 3. The van der Waals surface area contributed by atoms with Crippen molar-refractivity contribution in [3.05, 3.63) is 0 Å². The molecule has 0 spiro atoms. The van der Waals surface area contributed by atoms with E-state index in [0.29, 0.717) is 0 Å². The molecule has 7 heteroatoms. The molecule has 2 N–H and O–H groups in total. The summed E-state index contributed by atoms with van der Waals surface area (Å²) in [6.07, 6.45) is -4.23. The molecule has 0 radical (unpaired) electrons. The smallest absolute Gasteiger partial charge is 0.347 e. The lowest BCUT2D eigenvalue weighted by Crippen LogP contribution is -2.52. The van der Waals surface area contributed by atoms with Crippen molar-refractivity contribution in [2.24, 2.45) is 0 Å². The minimum Gasteiger partial charge on any atom is -0.347 e. The van der Waals surface area contributed by atoms with Crippen molar-refractivity contribution in [3.63, 3.8) is 0 Å². The van der Waals surface area contributed by atoms with Crippen molar-refractivity contribution < 1.29 is 22.8 Å². The monoisotopic (exact) mass is 294 g/mol. The number of carbonyl (C=O) groups excluding carboxylic acids is 2. The van der Waals surface area contributed by atoms with Gasteiger partial charge in [0.2, 0.25) is 5.78 Å². The molecule has 4 nitrogen and oxygen atoms in total. The first-order valence-electron chi connectivity index (χ1n) is 6.67. The zero-order chi connectivity index (χ0) is 15.6. The molecule has 0 aromatic carbocycles. The largest absolute Gasteiger partial charge is 0.389 e. The van der Waals surface area contributed by atoms with E-state index >= 15 is 0 Å². The Balaban J connectivity index is 2.64. The third kappa shape index (κ3) is 6.88. The second-order valence-corrected chi connectivity index (χ2v) is 6.21. The van der Waals surface area contributed by atoms with Gasteiger partial charge in [0.1, 0.15) is 0 Å². The predicted octanol–water partition coefficient (Wildman–Crippen LogP) is 1.93. The fraction of sp³-hybridized carbons (Fsp3) is 0.846. The van der Waals surface area contributed by atoms with Crippen molar-refractivity contribution >= 4 is 11.7 Å². The average molecular weight is 294 g/mol. The molecule has 1 fully saturated rings. The average Bonchev–Trinajstić information content (AvgIpc) is 3.04. The maximum absolute atomic E-state index is 12.3. The third-order valence-electron chi connectivity index (χ3n) is 2.78. The summed E-state index contributed by atoms with van der Waals surface area (Å²) in [4.78, 5) is 23.6. The Kier molecular flexibility index (Phi) is 5.18. The van der Waals surface area contributed by atoms with Crippen molar-refractivity contribution in [2.45, 2.75) is 70.3 Å². The van der Waals surface area contributed by atoms with E-state index in [-0.39, 0.29) is 6.04 Å². The summed E-state index contributed by atoms with van der Waals surface area (Å²) >= 11 is 0. The van der Waals surface area contributed by atoms with Crippen LogP contribution in [0.2, 0.25) is 0 Å². The van der Waals surface area contributed by atoms with Crippen LogP contribution in [0.3, 0.4) is 0 Å². The van der Waals surface area contributed by atoms with Gasteiger partial charge in [0, 0.05) is 18.0 Å². The second kappa shape index (κ2) is 6.11. The van der Waals surface area contributed by atoms with Gasteiger partial charge in [0.15, 0.2) is 0 Å². The molecule has 1 rings (SSSR count). The topological polar surface area (TPSA) is 58.2 Å². The van der Waals surface area contributed by atoms with Crippen LogP contribution < -0.4 is 10.6 Å². The lowest BCUT2D eigenvalue weighted by atomic mass is 10.0. The molecule has 0 aliphatic heterocycles. The van der Waals surface area contributed by atoms with E-state index in [2.05, 4.69) is 10.6 Å². The van der Waals surface area contributed by atoms with Crippen molar-refractivity contribution in [3.8, 4) is 0 Å². The summed E-state index contributed by atoms with van der Waals surface area (Å²) in [7, 11) is 0. The van der Waals surface area contributed by atoms with Crippen molar-refractivity contribution in [1.82, 2.24) is 10.6 Å². The molecule has 0 bridgehead atoms. The molecule has 1 amide bonds. The van der Waals surface area contributed by atoms with Crippen LogP contribution >= 0.6 is 0 Å². The Morgan fingerprint density at radius 3 is 2.15 bits per heavy atom. The first kappa shape index (κ1) is 16.9. The fourth-order valence-corrected chi connectivity index (χ4v) is 1.74. The SMILES string of the molecule is CC(C)(C)NC(CCC(F)(F)F)C(=O)C(=O)NC1CC1. The summed E-state index contributed by atoms with van der Waals surface area (Å²) in [6.45, 7) is 5.21. The molecule has 20 heavy (non-hydrogen) atoms. The van der Waals surface area contributed by atoms with Crippen LogP contribution in [-0.4, -0.2) is 35.5 Å². The van der Waals surface area contributed by atoms with Gasteiger partial charge in [-0.15, -0.1) is 0 Å². The standard InChI is InChI=1S/C13H21F3N2O2/c1-12(2,3)18-9(6-7-13(14,15)16)10(19)11(20)17-8-4-5-8/h8-9,18H,4-7H2,1-3H3,(H,17,20). The van der Waals surface area contributed by atoms with Crippen LogP contribution in [-0.2, 0) is 9.59 Å². The van der Waals surface area contributed by atoms with Crippen LogP contribution in [0.5, 0.6) is 0 Å². The maximum Gasteiger partial charge on any atom is 0.389 e. The maximum atomic E-state index is 12.3. The molecule has 1 aliphatic carbocycles. The van der Waals surface area contributed by atoms with E-state index in [4.69, 9.17) is 0 Å². The van der Waals surface area contributed by atoms with Gasteiger partial charge in [0.05, 0.1) is 6.04 Å². The summed E-state index contributed by atoms with van der Waals surface area (Å²) in [6, 6.07) is -1.11. The van der Waals surface area contributed by atoms with Gasteiger partial charge in [-0.3, -0.25) is 9.59 Å². The van der Waals surface area contributed by atoms with Crippen molar-refractivity contribution in [1.29, 1.82) is 0 Å². The highest BCUT2D eigenvalue weighted by Gasteiger charge is 2.35. The molecule has 116 valence electrons. The molecule has 1 atom stereocenters. The number of rotatable bonds is 6. The summed E-state index contributed by atoms with van der Waals surface area (Å²) in [5.74, 6) is -1.62. The number of amides is 1. The Bertz CT molecular complexity index is 371. The highest BCUT2D eigenvalue weighted by Crippen LogP contribution is 2.23.